The number of nitrogens with zero attached hydrogens (tertiary/aromatic N) is 4. The molecule has 1 N–H and O–H groups in total. The molecule has 0 atom stereocenters. The summed E-state index contributed by atoms with van der Waals surface area (Å²) < 4.78 is 0. The molecule has 2 aromatic rings. The fourth-order valence-corrected chi connectivity index (χ4v) is 3.42. The number of amides is 1. The van der Waals surface area contributed by atoms with Gasteiger partial charge in [-0.05, 0) is 31.0 Å². The lowest BCUT2D eigenvalue weighted by atomic mass is 10.0. The lowest BCUT2D eigenvalue weighted by Crippen LogP contribution is -2.48. The predicted octanol–water partition coefficient (Wildman–Crippen LogP) is 3.43. The SMILES string of the molecule is CCN1CCN(C(=O)c2cc(Nc3ccccc3C(C)C)nc(C)n2)CC1. The molecule has 1 aliphatic heterocycles. The van der Waals surface area contributed by atoms with Crippen molar-refractivity contribution in [3.63, 3.8) is 0 Å². The fraction of sp³-hybridized carbons (Fsp3) is 0.476. The van der Waals surface area contributed by atoms with E-state index < -0.39 is 0 Å². The summed E-state index contributed by atoms with van der Waals surface area (Å²) in [6.45, 7) is 12.6. The molecule has 1 aromatic carbocycles. The minimum Gasteiger partial charge on any atom is -0.340 e. The molecule has 3 rings (SSSR count). The number of likely N-dealkylation sites (N-methyl/N-ethyl adjacent to an activating group) is 1. The highest BCUT2D eigenvalue weighted by Crippen LogP contribution is 2.26. The van der Waals surface area contributed by atoms with Crippen molar-refractivity contribution in [1.29, 1.82) is 0 Å². The van der Waals surface area contributed by atoms with Crippen molar-refractivity contribution in [3.05, 3.63) is 47.4 Å². The van der Waals surface area contributed by atoms with Gasteiger partial charge < -0.3 is 15.1 Å². The van der Waals surface area contributed by atoms with Crippen LogP contribution >= 0.6 is 0 Å². The van der Waals surface area contributed by atoms with E-state index >= 15 is 0 Å². The molecule has 1 amide bonds. The highest BCUT2D eigenvalue weighted by Gasteiger charge is 2.23. The normalized spacial score (nSPS) is 15.2. The third-order valence-corrected chi connectivity index (χ3v) is 5.01. The van der Waals surface area contributed by atoms with Gasteiger partial charge in [0.1, 0.15) is 17.3 Å². The molecule has 144 valence electrons. The van der Waals surface area contributed by atoms with Gasteiger partial charge in [0, 0.05) is 37.9 Å². The molecule has 27 heavy (non-hydrogen) atoms. The Balaban J connectivity index is 1.80. The zero-order valence-corrected chi connectivity index (χ0v) is 16.7. The summed E-state index contributed by atoms with van der Waals surface area (Å²) in [5, 5.41) is 3.38. The topological polar surface area (TPSA) is 61.4 Å². The minimum absolute atomic E-state index is 0.0172. The highest BCUT2D eigenvalue weighted by molar-refractivity contribution is 5.93. The first-order valence-electron chi connectivity index (χ1n) is 9.71. The quantitative estimate of drug-likeness (QED) is 0.877. The lowest BCUT2D eigenvalue weighted by molar-refractivity contribution is 0.0637. The molecule has 1 aromatic heterocycles. The summed E-state index contributed by atoms with van der Waals surface area (Å²) in [6, 6.07) is 9.95. The Morgan fingerprint density at radius 3 is 2.52 bits per heavy atom. The third-order valence-electron chi connectivity index (χ3n) is 5.01. The van der Waals surface area contributed by atoms with Crippen molar-refractivity contribution >= 4 is 17.4 Å². The molecule has 2 heterocycles. The van der Waals surface area contributed by atoms with Gasteiger partial charge in [0.05, 0.1) is 0 Å². The third kappa shape index (κ3) is 4.63. The van der Waals surface area contributed by atoms with Gasteiger partial charge in [0.2, 0.25) is 0 Å². The average Bonchev–Trinajstić information content (AvgIpc) is 2.67. The van der Waals surface area contributed by atoms with Crippen molar-refractivity contribution in [2.45, 2.75) is 33.6 Å². The van der Waals surface area contributed by atoms with E-state index in [1.54, 1.807) is 6.07 Å². The van der Waals surface area contributed by atoms with Gasteiger partial charge in [-0.2, -0.15) is 0 Å². The molecule has 0 saturated carbocycles. The van der Waals surface area contributed by atoms with E-state index in [1.165, 1.54) is 5.56 Å². The number of rotatable bonds is 5. The zero-order chi connectivity index (χ0) is 19.4. The number of hydrogen-bond donors (Lipinski definition) is 1. The molecule has 6 nitrogen and oxygen atoms in total. The maximum Gasteiger partial charge on any atom is 0.272 e. The molecule has 1 saturated heterocycles. The summed E-state index contributed by atoms with van der Waals surface area (Å²) in [6.07, 6.45) is 0. The molecule has 0 bridgehead atoms. The number of benzene rings is 1. The summed E-state index contributed by atoms with van der Waals surface area (Å²) in [4.78, 5) is 26.0. The minimum atomic E-state index is -0.0172. The molecule has 1 aliphatic rings. The van der Waals surface area contributed by atoms with Crippen molar-refractivity contribution in [1.82, 2.24) is 19.8 Å². The summed E-state index contributed by atoms with van der Waals surface area (Å²) in [5.41, 5.74) is 2.69. The Morgan fingerprint density at radius 2 is 1.85 bits per heavy atom. The average molecular weight is 367 g/mol. The van der Waals surface area contributed by atoms with Crippen molar-refractivity contribution < 1.29 is 4.79 Å². The largest absolute Gasteiger partial charge is 0.340 e. The summed E-state index contributed by atoms with van der Waals surface area (Å²) in [5.74, 6) is 1.63. The van der Waals surface area contributed by atoms with E-state index in [9.17, 15) is 4.79 Å². The Bertz CT molecular complexity index is 797. The van der Waals surface area contributed by atoms with E-state index in [0.717, 1.165) is 38.4 Å². The number of carbonyl (C=O) groups is 1. The maximum absolute atomic E-state index is 12.9. The van der Waals surface area contributed by atoms with Gasteiger partial charge >= 0.3 is 0 Å². The van der Waals surface area contributed by atoms with E-state index in [-0.39, 0.29) is 5.91 Å². The molecule has 6 heteroatoms. The van der Waals surface area contributed by atoms with Gasteiger partial charge in [-0.15, -0.1) is 0 Å². The van der Waals surface area contributed by atoms with Crippen LogP contribution in [0.3, 0.4) is 0 Å². The monoisotopic (exact) mass is 367 g/mol. The van der Waals surface area contributed by atoms with Crippen LogP contribution in [-0.4, -0.2) is 58.4 Å². The molecular formula is C21H29N5O. The zero-order valence-electron chi connectivity index (χ0n) is 16.7. The smallest absolute Gasteiger partial charge is 0.272 e. The summed E-state index contributed by atoms with van der Waals surface area (Å²) in [7, 11) is 0. The first-order chi connectivity index (χ1) is 13.0. The maximum atomic E-state index is 12.9. The lowest BCUT2D eigenvalue weighted by Gasteiger charge is -2.33. The molecule has 1 fully saturated rings. The second-order valence-electron chi connectivity index (χ2n) is 7.28. The van der Waals surface area contributed by atoms with E-state index in [4.69, 9.17) is 0 Å². The Kier molecular flexibility index (Phi) is 6.06. The molecular weight excluding hydrogens is 338 g/mol. The number of anilines is 2. The number of aromatic nitrogens is 2. The van der Waals surface area contributed by atoms with E-state index in [2.05, 4.69) is 47.0 Å². The number of para-hydroxylation sites is 1. The van der Waals surface area contributed by atoms with Gasteiger partial charge in [0.25, 0.3) is 5.91 Å². The van der Waals surface area contributed by atoms with Crippen LogP contribution < -0.4 is 5.32 Å². The Hall–Kier alpha value is -2.47. The van der Waals surface area contributed by atoms with Crippen LogP contribution in [0, 0.1) is 6.92 Å². The number of hydrogen-bond acceptors (Lipinski definition) is 5. The second-order valence-corrected chi connectivity index (χ2v) is 7.28. The van der Waals surface area contributed by atoms with Crippen LogP contribution in [0.5, 0.6) is 0 Å². The van der Waals surface area contributed by atoms with E-state index in [0.29, 0.717) is 23.3 Å². The van der Waals surface area contributed by atoms with Crippen LogP contribution in [-0.2, 0) is 0 Å². The van der Waals surface area contributed by atoms with Crippen LogP contribution in [0.2, 0.25) is 0 Å². The van der Waals surface area contributed by atoms with Crippen LogP contribution in [0.1, 0.15) is 48.6 Å². The number of carbonyl (C=O) groups excluding carboxylic acids is 1. The number of piperazine rings is 1. The van der Waals surface area contributed by atoms with Crippen molar-refractivity contribution in [2.24, 2.45) is 0 Å². The van der Waals surface area contributed by atoms with E-state index in [1.807, 2.05) is 30.0 Å². The molecule has 0 aliphatic carbocycles. The standard InChI is InChI=1S/C21H29N5O/c1-5-25-10-12-26(13-11-25)21(27)19-14-20(23-16(4)22-19)24-18-9-7-6-8-17(18)15(2)3/h6-9,14-15H,5,10-13H2,1-4H3,(H,22,23,24). The van der Waals surface area contributed by atoms with Crippen LogP contribution in [0.4, 0.5) is 11.5 Å². The summed E-state index contributed by atoms with van der Waals surface area (Å²) >= 11 is 0. The molecule has 0 unspecified atom stereocenters. The van der Waals surface area contributed by atoms with Crippen LogP contribution in [0.15, 0.2) is 30.3 Å². The molecule has 0 radical (unpaired) electrons. The molecule has 0 spiro atoms. The van der Waals surface area contributed by atoms with Crippen molar-refractivity contribution in [3.8, 4) is 0 Å². The van der Waals surface area contributed by atoms with Crippen LogP contribution in [0.25, 0.3) is 0 Å². The first-order valence-corrected chi connectivity index (χ1v) is 9.71. The van der Waals surface area contributed by atoms with Gasteiger partial charge in [-0.1, -0.05) is 39.0 Å². The van der Waals surface area contributed by atoms with Crippen molar-refractivity contribution in [2.75, 3.05) is 38.0 Å². The van der Waals surface area contributed by atoms with Gasteiger partial charge in [0.15, 0.2) is 0 Å². The number of nitrogens with one attached hydrogen (secondary N) is 1. The second kappa shape index (κ2) is 8.48. The highest BCUT2D eigenvalue weighted by atomic mass is 16.2. The van der Waals surface area contributed by atoms with Gasteiger partial charge in [-0.3, -0.25) is 4.79 Å². The predicted molar refractivity (Wildman–Crippen MR) is 109 cm³/mol. The Morgan fingerprint density at radius 1 is 1.15 bits per heavy atom. The Labute approximate surface area is 161 Å². The fourth-order valence-electron chi connectivity index (χ4n) is 3.42. The number of aryl methyl sites for hydroxylation is 1. The first kappa shape index (κ1) is 19.3. The van der Waals surface area contributed by atoms with Gasteiger partial charge in [-0.25, -0.2) is 9.97 Å².